The average Bonchev–Trinajstić information content (AvgIpc) is 2.30. The minimum atomic E-state index is 0.557. The molecule has 1 rings (SSSR count). The molecule has 1 heteroatoms. The van der Waals surface area contributed by atoms with Gasteiger partial charge in [-0.05, 0) is 32.7 Å². The minimum Gasteiger partial charge on any atom is -0.314 e. The molecule has 17 heavy (non-hydrogen) atoms. The van der Waals surface area contributed by atoms with Crippen LogP contribution >= 0.6 is 0 Å². The predicted molar refractivity (Wildman–Crippen MR) is 77.5 cm³/mol. The van der Waals surface area contributed by atoms with E-state index in [2.05, 4.69) is 19.3 Å². The molecule has 1 aliphatic carbocycles. The van der Waals surface area contributed by atoms with E-state index in [1.165, 1.54) is 83.5 Å². The lowest BCUT2D eigenvalue weighted by Gasteiger charge is -2.42. The van der Waals surface area contributed by atoms with Gasteiger partial charge >= 0.3 is 0 Å². The van der Waals surface area contributed by atoms with E-state index in [9.17, 15) is 0 Å². The molecule has 0 heterocycles. The van der Waals surface area contributed by atoms with Crippen LogP contribution in [0.15, 0.2) is 0 Å². The van der Waals surface area contributed by atoms with E-state index in [0.717, 1.165) is 0 Å². The Balaban J connectivity index is 1.81. The normalized spacial score (nSPS) is 18.0. The Bertz CT molecular complexity index is 167. The summed E-state index contributed by atoms with van der Waals surface area (Å²) in [6, 6.07) is 0. The van der Waals surface area contributed by atoms with Crippen molar-refractivity contribution in [3.8, 4) is 0 Å². The van der Waals surface area contributed by atoms with Crippen LogP contribution in [0.2, 0.25) is 0 Å². The quantitative estimate of drug-likeness (QED) is 0.498. The highest BCUT2D eigenvalue weighted by molar-refractivity contribution is 4.94. The summed E-state index contributed by atoms with van der Waals surface area (Å²) in [6.45, 7) is 2.29. The summed E-state index contributed by atoms with van der Waals surface area (Å²) in [7, 11) is 2.15. The number of rotatable bonds is 11. The molecular formula is C16H33N. The number of unbranched alkanes of at least 4 members (excludes halogenated alkanes) is 8. The van der Waals surface area contributed by atoms with Crippen molar-refractivity contribution in [3.05, 3.63) is 0 Å². The average molecular weight is 239 g/mol. The Morgan fingerprint density at radius 1 is 0.824 bits per heavy atom. The molecule has 1 fully saturated rings. The van der Waals surface area contributed by atoms with Crippen LogP contribution < -0.4 is 5.32 Å². The number of hydrogen-bond donors (Lipinski definition) is 1. The van der Waals surface area contributed by atoms with Crippen molar-refractivity contribution in [2.24, 2.45) is 0 Å². The van der Waals surface area contributed by atoms with Crippen LogP contribution in [0.5, 0.6) is 0 Å². The molecule has 1 N–H and O–H groups in total. The second-order valence-electron chi connectivity index (χ2n) is 5.96. The third kappa shape index (κ3) is 5.90. The van der Waals surface area contributed by atoms with Gasteiger partial charge in [-0.2, -0.15) is 0 Å². The number of hydrogen-bond acceptors (Lipinski definition) is 1. The zero-order valence-corrected chi connectivity index (χ0v) is 12.2. The molecule has 1 saturated carbocycles. The summed E-state index contributed by atoms with van der Waals surface area (Å²) >= 11 is 0. The molecule has 0 spiro atoms. The second-order valence-corrected chi connectivity index (χ2v) is 5.96. The lowest BCUT2D eigenvalue weighted by molar-refractivity contribution is 0.178. The summed E-state index contributed by atoms with van der Waals surface area (Å²) in [5, 5.41) is 3.54. The van der Waals surface area contributed by atoms with Crippen molar-refractivity contribution in [3.63, 3.8) is 0 Å². The summed E-state index contributed by atoms with van der Waals surface area (Å²) in [5.41, 5.74) is 0.557. The van der Waals surface area contributed by atoms with E-state index >= 15 is 0 Å². The molecule has 0 aromatic heterocycles. The van der Waals surface area contributed by atoms with Crippen LogP contribution in [0.1, 0.15) is 90.4 Å². The van der Waals surface area contributed by atoms with E-state index in [1.54, 1.807) is 0 Å². The molecule has 1 aliphatic rings. The molecule has 0 bridgehead atoms. The van der Waals surface area contributed by atoms with Crippen LogP contribution in [0.25, 0.3) is 0 Å². The maximum Gasteiger partial charge on any atom is 0.0178 e. The van der Waals surface area contributed by atoms with Crippen LogP contribution in [0.4, 0.5) is 0 Å². The van der Waals surface area contributed by atoms with Crippen molar-refractivity contribution in [2.45, 2.75) is 95.9 Å². The van der Waals surface area contributed by atoms with Gasteiger partial charge in [-0.25, -0.2) is 0 Å². The van der Waals surface area contributed by atoms with Crippen molar-refractivity contribution < 1.29 is 0 Å². The molecule has 0 unspecified atom stereocenters. The monoisotopic (exact) mass is 239 g/mol. The third-order valence-electron chi connectivity index (χ3n) is 4.60. The Hall–Kier alpha value is -0.0400. The maximum atomic E-state index is 3.54. The van der Waals surface area contributed by atoms with Gasteiger partial charge in [-0.15, -0.1) is 0 Å². The van der Waals surface area contributed by atoms with Gasteiger partial charge in [0.15, 0.2) is 0 Å². The van der Waals surface area contributed by atoms with Crippen LogP contribution in [0, 0.1) is 0 Å². The number of nitrogens with one attached hydrogen (secondary N) is 1. The zero-order chi connectivity index (χ0) is 12.4. The third-order valence-corrected chi connectivity index (χ3v) is 4.60. The van der Waals surface area contributed by atoms with Crippen LogP contribution in [-0.4, -0.2) is 12.6 Å². The largest absolute Gasteiger partial charge is 0.314 e. The molecule has 0 radical (unpaired) electrons. The van der Waals surface area contributed by atoms with E-state index in [0.29, 0.717) is 5.54 Å². The van der Waals surface area contributed by atoms with Crippen molar-refractivity contribution >= 4 is 0 Å². The van der Waals surface area contributed by atoms with E-state index in [-0.39, 0.29) is 0 Å². The van der Waals surface area contributed by atoms with Crippen LogP contribution in [0.3, 0.4) is 0 Å². The first kappa shape index (κ1) is 15.0. The lowest BCUT2D eigenvalue weighted by atomic mass is 9.73. The van der Waals surface area contributed by atoms with Gasteiger partial charge in [0.1, 0.15) is 0 Å². The van der Waals surface area contributed by atoms with Crippen LogP contribution in [-0.2, 0) is 0 Å². The first-order valence-corrected chi connectivity index (χ1v) is 8.02. The standard InChI is InChI=1S/C16H33N/c1-3-4-5-6-7-8-9-10-11-13-16(17-2)14-12-15-16/h17H,3-15H2,1-2H3. The Labute approximate surface area is 109 Å². The predicted octanol–water partition coefficient (Wildman–Crippen LogP) is 5.05. The van der Waals surface area contributed by atoms with Gasteiger partial charge in [0.2, 0.25) is 0 Å². The van der Waals surface area contributed by atoms with Gasteiger partial charge in [0.05, 0.1) is 0 Å². The first-order valence-electron chi connectivity index (χ1n) is 8.02. The van der Waals surface area contributed by atoms with E-state index < -0.39 is 0 Å². The summed E-state index contributed by atoms with van der Waals surface area (Å²) in [5.74, 6) is 0. The Morgan fingerprint density at radius 3 is 1.76 bits per heavy atom. The van der Waals surface area contributed by atoms with E-state index in [4.69, 9.17) is 0 Å². The van der Waals surface area contributed by atoms with Gasteiger partial charge in [-0.1, -0.05) is 64.7 Å². The summed E-state index contributed by atoms with van der Waals surface area (Å²) < 4.78 is 0. The lowest BCUT2D eigenvalue weighted by Crippen LogP contribution is -2.48. The smallest absolute Gasteiger partial charge is 0.0178 e. The first-order chi connectivity index (χ1) is 8.33. The SMILES string of the molecule is CCCCCCCCCCCC1(NC)CCC1. The molecule has 0 aromatic carbocycles. The highest BCUT2D eigenvalue weighted by Crippen LogP contribution is 2.35. The highest BCUT2D eigenvalue weighted by Gasteiger charge is 2.33. The molecule has 1 nitrogen and oxygen atoms in total. The van der Waals surface area contributed by atoms with Crippen molar-refractivity contribution in [2.75, 3.05) is 7.05 Å². The van der Waals surface area contributed by atoms with Gasteiger partial charge < -0.3 is 5.32 Å². The second kappa shape index (κ2) is 8.97. The topological polar surface area (TPSA) is 12.0 Å². The molecule has 0 aliphatic heterocycles. The van der Waals surface area contributed by atoms with Gasteiger partial charge in [0.25, 0.3) is 0 Å². The molecule has 0 atom stereocenters. The molecule has 0 saturated heterocycles. The Kier molecular flexibility index (Phi) is 7.92. The van der Waals surface area contributed by atoms with Crippen molar-refractivity contribution in [1.82, 2.24) is 5.32 Å². The fourth-order valence-electron chi connectivity index (χ4n) is 3.00. The fraction of sp³-hybridized carbons (Fsp3) is 1.00. The van der Waals surface area contributed by atoms with E-state index in [1.807, 2.05) is 0 Å². The van der Waals surface area contributed by atoms with Gasteiger partial charge in [-0.3, -0.25) is 0 Å². The fourth-order valence-corrected chi connectivity index (χ4v) is 3.00. The molecular weight excluding hydrogens is 206 g/mol. The Morgan fingerprint density at radius 2 is 1.35 bits per heavy atom. The minimum absolute atomic E-state index is 0.557. The maximum absolute atomic E-state index is 3.54. The molecule has 0 amide bonds. The molecule has 0 aromatic rings. The summed E-state index contributed by atoms with van der Waals surface area (Å²) in [4.78, 5) is 0. The van der Waals surface area contributed by atoms with Gasteiger partial charge in [0, 0.05) is 5.54 Å². The summed E-state index contributed by atoms with van der Waals surface area (Å²) in [6.07, 6.45) is 18.7. The zero-order valence-electron chi connectivity index (χ0n) is 12.2. The molecule has 102 valence electrons. The highest BCUT2D eigenvalue weighted by atomic mass is 15.0. The van der Waals surface area contributed by atoms with Crippen molar-refractivity contribution in [1.29, 1.82) is 0 Å².